The number of amides is 1. The van der Waals surface area contributed by atoms with Crippen LogP contribution in [0.2, 0.25) is 0 Å². The van der Waals surface area contributed by atoms with Crippen molar-refractivity contribution in [1.29, 1.82) is 0 Å². The van der Waals surface area contributed by atoms with E-state index in [2.05, 4.69) is 31.2 Å². The molecule has 1 amide bonds. The summed E-state index contributed by atoms with van der Waals surface area (Å²) in [6, 6.07) is 26.5. The summed E-state index contributed by atoms with van der Waals surface area (Å²) in [7, 11) is 0. The summed E-state index contributed by atoms with van der Waals surface area (Å²) in [5.41, 5.74) is 5.38. The van der Waals surface area contributed by atoms with Crippen LogP contribution >= 0.6 is 24.0 Å². The lowest BCUT2D eigenvalue weighted by Crippen LogP contribution is -2.27. The van der Waals surface area contributed by atoms with Crippen molar-refractivity contribution in [3.05, 3.63) is 94.9 Å². The molecule has 1 saturated heterocycles. The molecule has 0 unspecified atom stereocenters. The highest BCUT2D eigenvalue weighted by atomic mass is 32.2. The molecule has 1 aliphatic heterocycles. The molecule has 2 nitrogen and oxygen atoms in total. The fourth-order valence-electron chi connectivity index (χ4n) is 3.12. The Kier molecular flexibility index (Phi) is 5.42. The van der Waals surface area contributed by atoms with Gasteiger partial charge in [0.05, 0.1) is 10.6 Å². The molecule has 3 aromatic carbocycles. The first-order valence-electron chi connectivity index (χ1n) is 9.18. The molecule has 3 aromatic rings. The summed E-state index contributed by atoms with van der Waals surface area (Å²) in [6.45, 7) is 2.11. The average molecular weight is 402 g/mol. The Morgan fingerprint density at radius 2 is 1.54 bits per heavy atom. The lowest BCUT2D eigenvalue weighted by molar-refractivity contribution is -0.113. The highest BCUT2D eigenvalue weighted by Crippen LogP contribution is 2.36. The molecule has 0 bridgehead atoms. The van der Waals surface area contributed by atoms with Crippen molar-refractivity contribution in [2.45, 2.75) is 13.3 Å². The van der Waals surface area contributed by atoms with Gasteiger partial charge in [-0.1, -0.05) is 97.6 Å². The predicted molar refractivity (Wildman–Crippen MR) is 123 cm³/mol. The number of hydrogen-bond donors (Lipinski definition) is 0. The van der Waals surface area contributed by atoms with E-state index in [1.807, 2.05) is 60.7 Å². The third-order valence-electron chi connectivity index (χ3n) is 4.71. The number of nitrogens with zero attached hydrogens (tertiary/aromatic N) is 1. The summed E-state index contributed by atoms with van der Waals surface area (Å²) >= 11 is 6.82. The van der Waals surface area contributed by atoms with Gasteiger partial charge in [0.25, 0.3) is 5.91 Å². The van der Waals surface area contributed by atoms with Crippen molar-refractivity contribution in [2.75, 3.05) is 4.90 Å². The second kappa shape index (κ2) is 8.13. The summed E-state index contributed by atoms with van der Waals surface area (Å²) in [5, 5.41) is 0. The molecule has 0 atom stereocenters. The summed E-state index contributed by atoms with van der Waals surface area (Å²) < 4.78 is 0.571. The van der Waals surface area contributed by atoms with Gasteiger partial charge >= 0.3 is 0 Å². The number of anilines is 1. The minimum absolute atomic E-state index is 0.0635. The summed E-state index contributed by atoms with van der Waals surface area (Å²) in [6.07, 6.45) is 2.88. The number of benzene rings is 3. The Morgan fingerprint density at radius 3 is 2.18 bits per heavy atom. The van der Waals surface area contributed by atoms with Crippen LogP contribution in [0.15, 0.2) is 83.8 Å². The number of carbonyl (C=O) groups is 1. The Morgan fingerprint density at radius 1 is 0.893 bits per heavy atom. The van der Waals surface area contributed by atoms with Crippen molar-refractivity contribution < 1.29 is 4.79 Å². The number of thioether (sulfide) groups is 1. The third kappa shape index (κ3) is 3.79. The van der Waals surface area contributed by atoms with Crippen LogP contribution in [0.5, 0.6) is 0 Å². The summed E-state index contributed by atoms with van der Waals surface area (Å²) in [4.78, 5) is 15.2. The van der Waals surface area contributed by atoms with Crippen molar-refractivity contribution >= 4 is 46.0 Å². The highest BCUT2D eigenvalue weighted by Gasteiger charge is 2.33. The van der Waals surface area contributed by atoms with E-state index >= 15 is 0 Å². The van der Waals surface area contributed by atoms with E-state index in [9.17, 15) is 4.79 Å². The number of thiocarbonyl (C=S) groups is 1. The Bertz CT molecular complexity index is 1040. The molecule has 1 heterocycles. The molecule has 0 spiro atoms. The normalized spacial score (nSPS) is 15.5. The molecule has 1 fully saturated rings. The van der Waals surface area contributed by atoms with Gasteiger partial charge < -0.3 is 0 Å². The first-order chi connectivity index (χ1) is 13.7. The minimum atomic E-state index is -0.0635. The maximum absolute atomic E-state index is 12.9. The maximum Gasteiger partial charge on any atom is 0.270 e. The van der Waals surface area contributed by atoms with Crippen molar-refractivity contribution in [2.24, 2.45) is 0 Å². The zero-order valence-electron chi connectivity index (χ0n) is 15.5. The Balaban J connectivity index is 1.56. The van der Waals surface area contributed by atoms with Gasteiger partial charge in [-0.2, -0.15) is 0 Å². The van der Waals surface area contributed by atoms with Crippen LogP contribution in [-0.4, -0.2) is 10.2 Å². The average Bonchev–Trinajstić information content (AvgIpc) is 3.02. The second-order valence-electron chi connectivity index (χ2n) is 6.53. The topological polar surface area (TPSA) is 20.3 Å². The van der Waals surface area contributed by atoms with Crippen LogP contribution in [0.3, 0.4) is 0 Å². The van der Waals surface area contributed by atoms with Gasteiger partial charge in [0.2, 0.25) is 0 Å². The smallest absolute Gasteiger partial charge is 0.268 e. The SMILES string of the molecule is CCc1ccc(N2C(=O)/C(=C/c3ccc(-c4ccccc4)cc3)SC2=S)cc1. The van der Waals surface area contributed by atoms with E-state index in [0.29, 0.717) is 9.23 Å². The number of hydrogen-bond acceptors (Lipinski definition) is 3. The molecule has 0 aromatic heterocycles. The van der Waals surface area contributed by atoms with Gasteiger partial charge in [0, 0.05) is 0 Å². The van der Waals surface area contributed by atoms with E-state index in [1.165, 1.54) is 22.9 Å². The fourth-order valence-corrected chi connectivity index (χ4v) is 4.42. The Hall–Kier alpha value is -2.69. The van der Waals surface area contributed by atoms with Crippen molar-refractivity contribution in [3.8, 4) is 11.1 Å². The molecule has 0 N–H and O–H groups in total. The van der Waals surface area contributed by atoms with Gasteiger partial charge in [-0.05, 0) is 46.9 Å². The molecular formula is C24H19NOS2. The van der Waals surface area contributed by atoms with Gasteiger partial charge in [-0.25, -0.2) is 0 Å². The quantitative estimate of drug-likeness (QED) is 0.377. The first-order valence-corrected chi connectivity index (χ1v) is 10.4. The summed E-state index contributed by atoms with van der Waals surface area (Å²) in [5.74, 6) is -0.0635. The van der Waals surface area contributed by atoms with E-state index in [1.54, 1.807) is 4.90 Å². The Labute approximate surface area is 174 Å². The zero-order valence-corrected chi connectivity index (χ0v) is 17.1. The van der Waals surface area contributed by atoms with Crippen LogP contribution in [0.25, 0.3) is 17.2 Å². The van der Waals surface area contributed by atoms with E-state index in [4.69, 9.17) is 12.2 Å². The highest BCUT2D eigenvalue weighted by molar-refractivity contribution is 8.27. The number of aryl methyl sites for hydroxylation is 1. The van der Waals surface area contributed by atoms with Crippen molar-refractivity contribution in [1.82, 2.24) is 0 Å². The van der Waals surface area contributed by atoms with Crippen molar-refractivity contribution in [3.63, 3.8) is 0 Å². The molecule has 4 heteroatoms. The number of rotatable bonds is 4. The largest absolute Gasteiger partial charge is 0.270 e. The lowest BCUT2D eigenvalue weighted by Gasteiger charge is -2.14. The number of carbonyl (C=O) groups excluding carboxylic acids is 1. The van der Waals surface area contributed by atoms with Gasteiger partial charge in [-0.15, -0.1) is 0 Å². The molecule has 0 aliphatic carbocycles. The molecule has 138 valence electrons. The van der Waals surface area contributed by atoms with E-state index in [-0.39, 0.29) is 5.91 Å². The molecule has 0 saturated carbocycles. The van der Waals surface area contributed by atoms with Gasteiger partial charge in [0.15, 0.2) is 4.32 Å². The molecule has 1 aliphatic rings. The van der Waals surface area contributed by atoms with Gasteiger partial charge in [0.1, 0.15) is 0 Å². The first kappa shape index (κ1) is 18.7. The molecule has 28 heavy (non-hydrogen) atoms. The van der Waals surface area contributed by atoms with Crippen LogP contribution in [-0.2, 0) is 11.2 Å². The van der Waals surface area contributed by atoms with Crippen LogP contribution in [0, 0.1) is 0 Å². The predicted octanol–water partition coefficient (Wildman–Crippen LogP) is 6.32. The molecular weight excluding hydrogens is 382 g/mol. The second-order valence-corrected chi connectivity index (χ2v) is 8.20. The minimum Gasteiger partial charge on any atom is -0.268 e. The van der Waals surface area contributed by atoms with E-state index in [0.717, 1.165) is 23.2 Å². The van der Waals surface area contributed by atoms with Gasteiger partial charge in [-0.3, -0.25) is 9.69 Å². The molecule has 0 radical (unpaired) electrons. The monoisotopic (exact) mass is 401 g/mol. The maximum atomic E-state index is 12.9. The van der Waals surface area contributed by atoms with Crippen LogP contribution < -0.4 is 4.90 Å². The molecule has 4 rings (SSSR count). The standard InChI is InChI=1S/C24H19NOS2/c1-2-17-10-14-21(15-11-17)25-23(26)22(28-24(25)27)16-18-8-12-20(13-9-18)19-6-4-3-5-7-19/h3-16H,2H2,1H3/b22-16-. The zero-order chi connectivity index (χ0) is 19.5. The third-order valence-corrected chi connectivity index (χ3v) is 6.01. The fraction of sp³-hybridized carbons (Fsp3) is 0.0833. The lowest BCUT2D eigenvalue weighted by atomic mass is 10.0. The van der Waals surface area contributed by atoms with Crippen LogP contribution in [0.4, 0.5) is 5.69 Å². The van der Waals surface area contributed by atoms with E-state index < -0.39 is 0 Å². The van der Waals surface area contributed by atoms with Crippen LogP contribution in [0.1, 0.15) is 18.1 Å².